The molecule has 2 rings (SSSR count). The van der Waals surface area contributed by atoms with Crippen molar-refractivity contribution in [3.05, 3.63) is 65.0 Å². The highest BCUT2D eigenvalue weighted by Gasteiger charge is 2.17. The number of hydrogen-bond acceptors (Lipinski definition) is 2. The third-order valence-corrected chi connectivity index (χ3v) is 2.96. The van der Waals surface area contributed by atoms with Gasteiger partial charge in [0.2, 0.25) is 0 Å². The maximum Gasteiger partial charge on any atom is 0.161 e. The summed E-state index contributed by atoms with van der Waals surface area (Å²) in [6.07, 6.45) is -1.20. The lowest BCUT2D eigenvalue weighted by molar-refractivity contribution is 0.172. The molecule has 0 radical (unpaired) electrons. The Bertz CT molecular complexity index is 614. The molecule has 0 bridgehead atoms. The SMILES string of the molecule is COc1cccc(CC(O)c2cc(F)c(F)cc2F)c1. The van der Waals surface area contributed by atoms with Crippen LogP contribution in [0.25, 0.3) is 0 Å². The number of halogens is 3. The number of benzene rings is 2. The molecule has 5 heteroatoms. The third kappa shape index (κ3) is 3.11. The van der Waals surface area contributed by atoms with Crippen LogP contribution in [0.1, 0.15) is 17.2 Å². The van der Waals surface area contributed by atoms with Gasteiger partial charge in [-0.3, -0.25) is 0 Å². The minimum Gasteiger partial charge on any atom is -0.497 e. The van der Waals surface area contributed by atoms with Gasteiger partial charge in [-0.05, 0) is 23.8 Å². The molecular formula is C15H13F3O2. The van der Waals surface area contributed by atoms with Crippen LogP contribution < -0.4 is 4.74 Å². The maximum atomic E-state index is 13.5. The average molecular weight is 282 g/mol. The normalized spacial score (nSPS) is 12.2. The Kier molecular flexibility index (Phi) is 4.29. The Morgan fingerprint density at radius 1 is 1.05 bits per heavy atom. The fourth-order valence-corrected chi connectivity index (χ4v) is 1.93. The van der Waals surface area contributed by atoms with Crippen LogP contribution in [0.2, 0.25) is 0 Å². The third-order valence-electron chi connectivity index (χ3n) is 2.96. The zero-order chi connectivity index (χ0) is 14.7. The second kappa shape index (κ2) is 5.96. The molecule has 2 aromatic rings. The fourth-order valence-electron chi connectivity index (χ4n) is 1.93. The number of aliphatic hydroxyl groups is 1. The highest BCUT2D eigenvalue weighted by atomic mass is 19.2. The summed E-state index contributed by atoms with van der Waals surface area (Å²) in [6, 6.07) is 7.97. The monoisotopic (exact) mass is 282 g/mol. The molecule has 0 saturated heterocycles. The van der Waals surface area contributed by atoms with Crippen molar-refractivity contribution in [2.24, 2.45) is 0 Å². The summed E-state index contributed by atoms with van der Waals surface area (Å²) in [5.74, 6) is -2.84. The van der Waals surface area contributed by atoms with E-state index in [0.717, 1.165) is 0 Å². The molecule has 1 atom stereocenters. The molecule has 0 amide bonds. The Hall–Kier alpha value is -2.01. The topological polar surface area (TPSA) is 29.5 Å². The predicted molar refractivity (Wildman–Crippen MR) is 68.0 cm³/mol. The quantitative estimate of drug-likeness (QED) is 0.871. The first-order valence-electron chi connectivity index (χ1n) is 5.96. The first-order chi connectivity index (χ1) is 9.51. The van der Waals surface area contributed by atoms with Crippen molar-refractivity contribution >= 4 is 0 Å². The van der Waals surface area contributed by atoms with Gasteiger partial charge in [0.15, 0.2) is 11.6 Å². The Morgan fingerprint density at radius 3 is 2.45 bits per heavy atom. The van der Waals surface area contributed by atoms with E-state index in [9.17, 15) is 18.3 Å². The molecular weight excluding hydrogens is 269 g/mol. The number of rotatable bonds is 4. The summed E-state index contributed by atoms with van der Waals surface area (Å²) in [4.78, 5) is 0. The Labute approximate surface area is 114 Å². The van der Waals surface area contributed by atoms with E-state index in [4.69, 9.17) is 4.74 Å². The highest BCUT2D eigenvalue weighted by Crippen LogP contribution is 2.24. The highest BCUT2D eigenvalue weighted by molar-refractivity contribution is 5.30. The van der Waals surface area contributed by atoms with Gasteiger partial charge in [-0.15, -0.1) is 0 Å². The molecule has 2 aromatic carbocycles. The first kappa shape index (κ1) is 14.4. The second-order valence-electron chi connectivity index (χ2n) is 4.36. The van der Waals surface area contributed by atoms with Crippen LogP contribution in [0.3, 0.4) is 0 Å². The van der Waals surface area contributed by atoms with E-state index in [1.165, 1.54) is 7.11 Å². The molecule has 0 spiro atoms. The number of ether oxygens (including phenoxy) is 1. The van der Waals surface area contributed by atoms with Crippen molar-refractivity contribution in [2.75, 3.05) is 7.11 Å². The van der Waals surface area contributed by atoms with Gasteiger partial charge in [-0.1, -0.05) is 12.1 Å². The summed E-state index contributed by atoms with van der Waals surface area (Å²) in [5, 5.41) is 9.96. The van der Waals surface area contributed by atoms with E-state index in [1.54, 1.807) is 24.3 Å². The van der Waals surface area contributed by atoms with E-state index in [0.29, 0.717) is 23.4 Å². The predicted octanol–water partition coefficient (Wildman–Crippen LogP) is 3.39. The summed E-state index contributed by atoms with van der Waals surface area (Å²) in [6.45, 7) is 0. The van der Waals surface area contributed by atoms with Gasteiger partial charge in [-0.2, -0.15) is 0 Å². The lowest BCUT2D eigenvalue weighted by atomic mass is 10.0. The van der Waals surface area contributed by atoms with Crippen molar-refractivity contribution in [3.63, 3.8) is 0 Å². The Balaban J connectivity index is 2.23. The number of methoxy groups -OCH3 is 1. The van der Waals surface area contributed by atoms with Crippen LogP contribution in [-0.2, 0) is 6.42 Å². The summed E-state index contributed by atoms with van der Waals surface area (Å²) < 4.78 is 44.5. The molecule has 0 saturated carbocycles. The standard InChI is InChI=1S/C15H13F3O2/c1-20-10-4-2-3-9(5-10)6-15(19)11-7-13(17)14(18)8-12(11)16/h2-5,7-8,15,19H,6H2,1H3. The van der Waals surface area contributed by atoms with Crippen LogP contribution >= 0.6 is 0 Å². The van der Waals surface area contributed by atoms with Gasteiger partial charge in [0, 0.05) is 18.1 Å². The van der Waals surface area contributed by atoms with Crippen molar-refractivity contribution in [1.82, 2.24) is 0 Å². The molecule has 1 N–H and O–H groups in total. The van der Waals surface area contributed by atoms with Crippen molar-refractivity contribution in [1.29, 1.82) is 0 Å². The summed E-state index contributed by atoms with van der Waals surface area (Å²) >= 11 is 0. The maximum absolute atomic E-state index is 13.5. The van der Waals surface area contributed by atoms with E-state index in [2.05, 4.69) is 0 Å². The molecule has 20 heavy (non-hydrogen) atoms. The van der Waals surface area contributed by atoms with Gasteiger partial charge in [-0.25, -0.2) is 13.2 Å². The number of aliphatic hydroxyl groups excluding tert-OH is 1. The minimum atomic E-state index is -1.28. The van der Waals surface area contributed by atoms with Gasteiger partial charge in [0.1, 0.15) is 11.6 Å². The molecule has 106 valence electrons. The summed E-state index contributed by atoms with van der Waals surface area (Å²) in [7, 11) is 1.50. The van der Waals surface area contributed by atoms with Crippen molar-refractivity contribution in [3.8, 4) is 5.75 Å². The van der Waals surface area contributed by atoms with Crippen molar-refractivity contribution in [2.45, 2.75) is 12.5 Å². The molecule has 0 aliphatic rings. The smallest absolute Gasteiger partial charge is 0.161 e. The molecule has 0 aliphatic carbocycles. The van der Waals surface area contributed by atoms with Gasteiger partial charge >= 0.3 is 0 Å². The van der Waals surface area contributed by atoms with Crippen LogP contribution in [0.5, 0.6) is 5.75 Å². The Morgan fingerprint density at radius 2 is 1.75 bits per heavy atom. The molecule has 1 unspecified atom stereocenters. The molecule has 2 nitrogen and oxygen atoms in total. The van der Waals surface area contributed by atoms with Gasteiger partial charge in [0.25, 0.3) is 0 Å². The molecule has 0 aromatic heterocycles. The van der Waals surface area contributed by atoms with Crippen LogP contribution in [0.4, 0.5) is 13.2 Å². The van der Waals surface area contributed by atoms with E-state index >= 15 is 0 Å². The van der Waals surface area contributed by atoms with E-state index < -0.39 is 23.6 Å². The van der Waals surface area contributed by atoms with Gasteiger partial charge < -0.3 is 9.84 Å². The van der Waals surface area contributed by atoms with Crippen molar-refractivity contribution < 1.29 is 23.0 Å². The van der Waals surface area contributed by atoms with E-state index in [-0.39, 0.29) is 12.0 Å². The molecule has 0 aliphatic heterocycles. The lowest BCUT2D eigenvalue weighted by Crippen LogP contribution is -2.06. The van der Waals surface area contributed by atoms with Crippen LogP contribution in [0, 0.1) is 17.5 Å². The zero-order valence-corrected chi connectivity index (χ0v) is 10.7. The van der Waals surface area contributed by atoms with Crippen LogP contribution in [-0.4, -0.2) is 12.2 Å². The number of hydrogen-bond donors (Lipinski definition) is 1. The average Bonchev–Trinajstić information content (AvgIpc) is 2.43. The molecule has 0 heterocycles. The lowest BCUT2D eigenvalue weighted by Gasteiger charge is -2.13. The van der Waals surface area contributed by atoms with Crippen LogP contribution in [0.15, 0.2) is 36.4 Å². The first-order valence-corrected chi connectivity index (χ1v) is 5.96. The summed E-state index contributed by atoms with van der Waals surface area (Å²) in [5.41, 5.74) is 0.424. The molecule has 0 fully saturated rings. The second-order valence-corrected chi connectivity index (χ2v) is 4.36. The van der Waals surface area contributed by atoms with E-state index in [1.807, 2.05) is 0 Å². The fraction of sp³-hybridized carbons (Fsp3) is 0.200. The van der Waals surface area contributed by atoms with Gasteiger partial charge in [0.05, 0.1) is 13.2 Å². The zero-order valence-electron chi connectivity index (χ0n) is 10.7. The largest absolute Gasteiger partial charge is 0.497 e. The minimum absolute atomic E-state index is 0.0686.